The van der Waals surface area contributed by atoms with Gasteiger partial charge in [0.05, 0.1) is 0 Å². The van der Waals surface area contributed by atoms with Gasteiger partial charge in [-0.2, -0.15) is 5.32 Å². The van der Waals surface area contributed by atoms with Crippen molar-refractivity contribution in [3.05, 3.63) is 0 Å². The minimum atomic E-state index is -0.0762. The Morgan fingerprint density at radius 1 is 1.67 bits per heavy atom. The second-order valence-corrected chi connectivity index (χ2v) is 3.24. The fourth-order valence-corrected chi connectivity index (χ4v) is 1.40. The summed E-state index contributed by atoms with van der Waals surface area (Å²) in [5, 5.41) is 4.21. The lowest BCUT2D eigenvalue weighted by Gasteiger charge is -2.27. The van der Waals surface area contributed by atoms with Gasteiger partial charge in [-0.15, -0.1) is 0 Å². The standard InChI is InChI=1S/C8H13N2OS/c1-2-3-5-10-6-4-7(11)9-8(10)12/h2-6H2,1H3. The van der Waals surface area contributed by atoms with Crippen LogP contribution in [0.25, 0.3) is 0 Å². The smallest absolute Gasteiger partial charge is 0.250 e. The summed E-state index contributed by atoms with van der Waals surface area (Å²) in [5.74, 6) is -0.0762. The van der Waals surface area contributed by atoms with Crippen molar-refractivity contribution in [1.29, 1.82) is 0 Å². The van der Waals surface area contributed by atoms with Crippen LogP contribution in [0.5, 0.6) is 0 Å². The van der Waals surface area contributed by atoms with Crippen LogP contribution in [0, 0.1) is 0 Å². The Bertz CT molecular complexity index is 193. The summed E-state index contributed by atoms with van der Waals surface area (Å²) in [7, 11) is 0. The number of unbranched alkanes of at least 4 members (excludes halogenated alkanes) is 1. The van der Waals surface area contributed by atoms with Crippen LogP contribution in [0.1, 0.15) is 26.2 Å². The van der Waals surface area contributed by atoms with Gasteiger partial charge < -0.3 is 4.90 Å². The molecule has 0 atom stereocenters. The van der Waals surface area contributed by atoms with Gasteiger partial charge in [-0.25, -0.2) is 0 Å². The lowest BCUT2D eigenvalue weighted by molar-refractivity contribution is -0.121. The van der Waals surface area contributed by atoms with Gasteiger partial charge in [-0.3, -0.25) is 4.79 Å². The van der Waals surface area contributed by atoms with Gasteiger partial charge in [-0.05, 0) is 18.6 Å². The second-order valence-electron chi connectivity index (χ2n) is 2.88. The van der Waals surface area contributed by atoms with Crippen LogP contribution < -0.4 is 5.32 Å². The molecule has 1 aliphatic heterocycles. The maximum absolute atomic E-state index is 10.8. The molecule has 3 nitrogen and oxygen atoms in total. The van der Waals surface area contributed by atoms with Gasteiger partial charge in [0, 0.05) is 19.5 Å². The average Bonchev–Trinajstić information content (AvgIpc) is 2.03. The summed E-state index contributed by atoms with van der Waals surface area (Å²) < 4.78 is 0. The number of thiocarbonyl (C=S) groups is 1. The Kier molecular flexibility index (Phi) is 3.47. The zero-order valence-corrected chi connectivity index (χ0v) is 8.06. The fourth-order valence-electron chi connectivity index (χ4n) is 1.12. The maximum Gasteiger partial charge on any atom is 0.250 e. The summed E-state index contributed by atoms with van der Waals surface area (Å²) in [4.78, 5) is 12.8. The molecule has 0 N–H and O–H groups in total. The van der Waals surface area contributed by atoms with E-state index in [1.807, 2.05) is 4.90 Å². The van der Waals surface area contributed by atoms with Crippen molar-refractivity contribution in [2.24, 2.45) is 0 Å². The number of hydrogen-bond acceptors (Lipinski definition) is 2. The summed E-state index contributed by atoms with van der Waals surface area (Å²) in [6.45, 7) is 3.82. The molecule has 67 valence electrons. The highest BCUT2D eigenvalue weighted by Crippen LogP contribution is 2.03. The molecule has 1 amide bonds. The molecule has 12 heavy (non-hydrogen) atoms. The first-order valence-corrected chi connectivity index (χ1v) is 4.68. The summed E-state index contributed by atoms with van der Waals surface area (Å²) in [6, 6.07) is 0. The van der Waals surface area contributed by atoms with Gasteiger partial charge in [0.2, 0.25) is 5.91 Å². The number of carbonyl (C=O) groups excluding carboxylic acids is 1. The molecule has 1 radical (unpaired) electrons. The summed E-state index contributed by atoms with van der Waals surface area (Å²) in [5.41, 5.74) is 0. The van der Waals surface area contributed by atoms with E-state index in [0.29, 0.717) is 11.5 Å². The van der Waals surface area contributed by atoms with Crippen molar-refractivity contribution in [3.8, 4) is 0 Å². The summed E-state index contributed by atoms with van der Waals surface area (Å²) in [6.07, 6.45) is 2.78. The van der Waals surface area contributed by atoms with Gasteiger partial charge in [0.1, 0.15) is 0 Å². The van der Waals surface area contributed by atoms with E-state index in [0.717, 1.165) is 25.9 Å². The molecule has 0 unspecified atom stereocenters. The number of hydrogen-bond donors (Lipinski definition) is 0. The lowest BCUT2D eigenvalue weighted by Crippen LogP contribution is -2.45. The van der Waals surface area contributed by atoms with Gasteiger partial charge in [-0.1, -0.05) is 13.3 Å². The number of nitrogens with zero attached hydrogens (tertiary/aromatic N) is 2. The van der Waals surface area contributed by atoms with Gasteiger partial charge in [0.25, 0.3) is 0 Å². The van der Waals surface area contributed by atoms with E-state index < -0.39 is 0 Å². The molecule has 0 aromatic rings. The van der Waals surface area contributed by atoms with E-state index >= 15 is 0 Å². The molecule has 0 saturated carbocycles. The van der Waals surface area contributed by atoms with E-state index in [2.05, 4.69) is 12.2 Å². The van der Waals surface area contributed by atoms with Crippen LogP contribution in [0.4, 0.5) is 0 Å². The third-order valence-corrected chi connectivity index (χ3v) is 2.22. The zero-order valence-electron chi connectivity index (χ0n) is 7.25. The van der Waals surface area contributed by atoms with E-state index in [4.69, 9.17) is 12.2 Å². The minimum absolute atomic E-state index is 0.0762. The monoisotopic (exact) mass is 185 g/mol. The van der Waals surface area contributed by atoms with E-state index in [1.165, 1.54) is 0 Å². The predicted octanol–water partition coefficient (Wildman–Crippen LogP) is 0.908. The number of carbonyl (C=O) groups is 1. The average molecular weight is 185 g/mol. The van der Waals surface area contributed by atoms with Crippen LogP contribution >= 0.6 is 12.2 Å². The molecule has 1 aliphatic rings. The van der Waals surface area contributed by atoms with E-state index in [1.54, 1.807) is 0 Å². The first kappa shape index (κ1) is 9.45. The van der Waals surface area contributed by atoms with E-state index in [-0.39, 0.29) is 5.91 Å². The van der Waals surface area contributed by atoms with Crippen LogP contribution in [0.3, 0.4) is 0 Å². The molecule has 0 aromatic heterocycles. The van der Waals surface area contributed by atoms with Crippen molar-refractivity contribution in [1.82, 2.24) is 10.2 Å². The predicted molar refractivity (Wildman–Crippen MR) is 50.8 cm³/mol. The topological polar surface area (TPSA) is 34.4 Å². The van der Waals surface area contributed by atoms with Crippen LogP contribution in [-0.4, -0.2) is 29.0 Å². The quantitative estimate of drug-likeness (QED) is 0.613. The van der Waals surface area contributed by atoms with Crippen LogP contribution in [-0.2, 0) is 4.79 Å². The fraction of sp³-hybridized carbons (Fsp3) is 0.750. The third kappa shape index (κ3) is 2.44. The molecule has 1 saturated heterocycles. The van der Waals surface area contributed by atoms with Crippen molar-refractivity contribution >= 4 is 23.2 Å². The second kappa shape index (κ2) is 4.40. The largest absolute Gasteiger partial charge is 0.347 e. The molecule has 4 heteroatoms. The highest BCUT2D eigenvalue weighted by atomic mass is 32.1. The molecule has 1 rings (SSSR count). The van der Waals surface area contributed by atoms with Crippen molar-refractivity contribution in [2.45, 2.75) is 26.2 Å². The Labute approximate surface area is 78.1 Å². The maximum atomic E-state index is 10.8. The molecular formula is C8H13N2OS. The van der Waals surface area contributed by atoms with Crippen molar-refractivity contribution in [3.63, 3.8) is 0 Å². The lowest BCUT2D eigenvalue weighted by atomic mass is 10.2. The molecule has 0 aromatic carbocycles. The van der Waals surface area contributed by atoms with Crippen LogP contribution in [0.15, 0.2) is 0 Å². The Morgan fingerprint density at radius 3 is 3.00 bits per heavy atom. The Morgan fingerprint density at radius 2 is 2.42 bits per heavy atom. The minimum Gasteiger partial charge on any atom is -0.347 e. The summed E-state index contributed by atoms with van der Waals surface area (Å²) >= 11 is 4.96. The molecule has 0 spiro atoms. The molecule has 0 bridgehead atoms. The van der Waals surface area contributed by atoms with E-state index in [9.17, 15) is 4.79 Å². The Hall–Kier alpha value is -0.640. The van der Waals surface area contributed by atoms with Crippen LogP contribution in [0.2, 0.25) is 0 Å². The number of rotatable bonds is 3. The highest BCUT2D eigenvalue weighted by Gasteiger charge is 2.20. The van der Waals surface area contributed by atoms with Gasteiger partial charge in [0.15, 0.2) is 5.11 Å². The van der Waals surface area contributed by atoms with Crippen molar-refractivity contribution < 1.29 is 4.79 Å². The van der Waals surface area contributed by atoms with Gasteiger partial charge >= 0.3 is 0 Å². The number of amides is 1. The SMILES string of the molecule is CCCCN1CCC(=O)[N]C1=S. The molecule has 1 fully saturated rings. The molecular weight excluding hydrogens is 172 g/mol. The molecule has 0 aliphatic carbocycles. The molecule has 1 heterocycles. The van der Waals surface area contributed by atoms with Crippen molar-refractivity contribution in [2.75, 3.05) is 13.1 Å². The first-order chi connectivity index (χ1) is 5.74. The normalized spacial score (nSPS) is 17.9. The third-order valence-electron chi connectivity index (χ3n) is 1.87. The Balaban J connectivity index is 2.35. The highest BCUT2D eigenvalue weighted by molar-refractivity contribution is 7.80. The first-order valence-electron chi connectivity index (χ1n) is 4.27. The zero-order chi connectivity index (χ0) is 8.97.